The molecule has 6 heterocycles. The molecule has 0 unspecified atom stereocenters. The lowest BCUT2D eigenvalue weighted by molar-refractivity contribution is 0.175. The highest BCUT2D eigenvalue weighted by atomic mass is 32.1. The second-order valence-electron chi connectivity index (χ2n) is 6.14. The number of thiophene rings is 3. The Labute approximate surface area is 174 Å². The van der Waals surface area contributed by atoms with Gasteiger partial charge in [0.25, 0.3) is 0 Å². The molecule has 0 bridgehead atoms. The van der Waals surface area contributed by atoms with Crippen molar-refractivity contribution in [2.45, 2.75) is 13.8 Å². The second-order valence-corrected chi connectivity index (χ2v) is 11.3. The highest BCUT2D eigenvalue weighted by molar-refractivity contribution is 7.31. The molecule has 4 nitrogen and oxygen atoms in total. The van der Waals surface area contributed by atoms with Gasteiger partial charge in [-0.25, -0.2) is 9.97 Å². The molecule has 1 aliphatic rings. The number of hydrogen-bond donors (Lipinski definition) is 0. The fourth-order valence-corrected chi connectivity index (χ4v) is 9.02. The van der Waals surface area contributed by atoms with Crippen molar-refractivity contribution in [2.75, 3.05) is 13.2 Å². The Morgan fingerprint density at radius 2 is 1.19 bits per heavy atom. The van der Waals surface area contributed by atoms with Crippen molar-refractivity contribution >= 4 is 77.1 Å². The van der Waals surface area contributed by atoms with Gasteiger partial charge in [-0.15, -0.1) is 56.7 Å². The molecule has 5 aromatic rings. The van der Waals surface area contributed by atoms with E-state index in [1.807, 2.05) is 0 Å². The first kappa shape index (κ1) is 16.4. The molecule has 9 heteroatoms. The summed E-state index contributed by atoms with van der Waals surface area (Å²) in [5, 5.41) is 6.47. The number of hydrogen-bond acceptors (Lipinski definition) is 9. The first-order valence-electron chi connectivity index (χ1n) is 8.31. The van der Waals surface area contributed by atoms with Crippen molar-refractivity contribution in [1.82, 2.24) is 9.97 Å². The molecular weight excluding hydrogens is 437 g/mol. The zero-order chi connectivity index (χ0) is 18.1. The Balaban J connectivity index is 1.62. The van der Waals surface area contributed by atoms with Crippen LogP contribution in [0.1, 0.15) is 10.0 Å². The molecule has 5 aromatic heterocycles. The van der Waals surface area contributed by atoms with Crippen molar-refractivity contribution in [3.05, 3.63) is 20.8 Å². The molecule has 136 valence electrons. The summed E-state index contributed by atoms with van der Waals surface area (Å²) in [6.07, 6.45) is 0. The summed E-state index contributed by atoms with van der Waals surface area (Å²) in [5.74, 6) is 1.78. The van der Waals surface area contributed by atoms with Gasteiger partial charge in [-0.3, -0.25) is 0 Å². The molecular formula is C18H12N2O2S5. The highest BCUT2D eigenvalue weighted by Crippen LogP contribution is 2.58. The number of aryl methyl sites for hydroxylation is 2. The third kappa shape index (κ3) is 2.42. The predicted octanol–water partition coefficient (Wildman–Crippen LogP) is 6.81. The lowest BCUT2D eigenvalue weighted by Crippen LogP contribution is -2.14. The third-order valence-electron chi connectivity index (χ3n) is 4.32. The van der Waals surface area contributed by atoms with Gasteiger partial charge in [-0.1, -0.05) is 0 Å². The van der Waals surface area contributed by atoms with E-state index in [9.17, 15) is 0 Å². The molecule has 1 aliphatic heterocycles. The zero-order valence-corrected chi connectivity index (χ0v) is 18.4. The van der Waals surface area contributed by atoms with E-state index in [1.54, 1.807) is 56.7 Å². The minimum absolute atomic E-state index is 0.589. The van der Waals surface area contributed by atoms with Crippen LogP contribution >= 0.6 is 56.7 Å². The van der Waals surface area contributed by atoms with Crippen LogP contribution in [-0.2, 0) is 0 Å². The van der Waals surface area contributed by atoms with Gasteiger partial charge in [0.2, 0.25) is 0 Å². The monoisotopic (exact) mass is 448 g/mol. The summed E-state index contributed by atoms with van der Waals surface area (Å²) in [4.78, 5) is 14.1. The molecule has 0 aromatic carbocycles. The third-order valence-corrected chi connectivity index (χ3v) is 10.0. The molecule has 0 fully saturated rings. The quantitative estimate of drug-likeness (QED) is 0.297. The Hall–Kier alpha value is -1.52. The van der Waals surface area contributed by atoms with Gasteiger partial charge in [-0.05, 0) is 13.8 Å². The number of rotatable bonds is 2. The molecule has 0 N–H and O–H groups in total. The second kappa shape index (κ2) is 5.99. The average Bonchev–Trinajstić information content (AvgIpc) is 3.41. The van der Waals surface area contributed by atoms with Crippen LogP contribution in [-0.4, -0.2) is 23.2 Å². The van der Waals surface area contributed by atoms with Crippen molar-refractivity contribution in [3.63, 3.8) is 0 Å². The Kier molecular flexibility index (Phi) is 3.64. The fraction of sp³-hybridized carbons (Fsp3) is 0.222. The Bertz CT molecular complexity index is 1220. The summed E-state index contributed by atoms with van der Waals surface area (Å²) in [7, 11) is 0. The highest BCUT2D eigenvalue weighted by Gasteiger charge is 2.30. The van der Waals surface area contributed by atoms with Crippen molar-refractivity contribution in [1.29, 1.82) is 0 Å². The minimum Gasteiger partial charge on any atom is -0.485 e. The van der Waals surface area contributed by atoms with E-state index in [4.69, 9.17) is 9.47 Å². The van der Waals surface area contributed by atoms with E-state index in [1.165, 1.54) is 19.2 Å². The van der Waals surface area contributed by atoms with Crippen molar-refractivity contribution in [2.24, 2.45) is 0 Å². The molecule has 0 spiro atoms. The summed E-state index contributed by atoms with van der Waals surface area (Å²) in [5.41, 5.74) is 2.16. The van der Waals surface area contributed by atoms with Crippen molar-refractivity contribution < 1.29 is 9.47 Å². The van der Waals surface area contributed by atoms with E-state index in [0.29, 0.717) is 13.2 Å². The van der Waals surface area contributed by atoms with E-state index < -0.39 is 0 Å². The van der Waals surface area contributed by atoms with Crippen LogP contribution in [0.5, 0.6) is 11.5 Å². The van der Waals surface area contributed by atoms with Crippen LogP contribution in [0.4, 0.5) is 0 Å². The molecule has 0 saturated carbocycles. The molecule has 0 atom stereocenters. The van der Waals surface area contributed by atoms with Crippen LogP contribution in [0.15, 0.2) is 10.8 Å². The average molecular weight is 449 g/mol. The molecule has 0 amide bonds. The molecule has 0 aliphatic carbocycles. The van der Waals surface area contributed by atoms with Gasteiger partial charge in [-0.2, -0.15) is 0 Å². The van der Waals surface area contributed by atoms with Crippen LogP contribution in [0.2, 0.25) is 0 Å². The zero-order valence-electron chi connectivity index (χ0n) is 14.3. The first-order chi connectivity index (χ1) is 13.2. The molecule has 0 saturated heterocycles. The number of aromatic nitrogens is 2. The number of nitrogens with zero attached hydrogens (tertiary/aromatic N) is 2. The van der Waals surface area contributed by atoms with Crippen LogP contribution in [0.25, 0.3) is 39.9 Å². The van der Waals surface area contributed by atoms with E-state index in [2.05, 4.69) is 34.6 Å². The molecule has 27 heavy (non-hydrogen) atoms. The lowest BCUT2D eigenvalue weighted by atomic mass is 10.2. The maximum atomic E-state index is 6.10. The van der Waals surface area contributed by atoms with Gasteiger partial charge in [0.05, 0.1) is 50.0 Å². The molecule has 6 rings (SSSR count). The summed E-state index contributed by atoms with van der Waals surface area (Å²) in [6.45, 7) is 5.29. The van der Waals surface area contributed by atoms with Gasteiger partial charge >= 0.3 is 0 Å². The number of thiazole rings is 2. The normalized spacial score (nSPS) is 13.9. The van der Waals surface area contributed by atoms with E-state index in [0.717, 1.165) is 42.3 Å². The van der Waals surface area contributed by atoms with Gasteiger partial charge in [0, 0.05) is 10.8 Å². The number of ether oxygens (including phenoxy) is 2. The Morgan fingerprint density at radius 1 is 0.704 bits per heavy atom. The summed E-state index contributed by atoms with van der Waals surface area (Å²) < 4.78 is 14.7. The van der Waals surface area contributed by atoms with Gasteiger partial charge in [0.1, 0.15) is 13.2 Å². The number of fused-ring (bicyclic) bond motifs is 3. The van der Waals surface area contributed by atoms with Crippen LogP contribution in [0, 0.1) is 13.8 Å². The fourth-order valence-electron chi connectivity index (χ4n) is 3.27. The SMILES string of the molecule is Cc1nc2csc(-c3sc(-c4scc5nc(C)sc45)c4c3OCCO4)c2s1. The Morgan fingerprint density at radius 3 is 1.67 bits per heavy atom. The topological polar surface area (TPSA) is 44.2 Å². The summed E-state index contributed by atoms with van der Waals surface area (Å²) in [6, 6.07) is 0. The van der Waals surface area contributed by atoms with E-state index >= 15 is 0 Å². The van der Waals surface area contributed by atoms with Gasteiger partial charge in [0.15, 0.2) is 11.5 Å². The summed E-state index contributed by atoms with van der Waals surface area (Å²) >= 11 is 8.74. The molecule has 0 radical (unpaired) electrons. The maximum Gasteiger partial charge on any atom is 0.181 e. The largest absolute Gasteiger partial charge is 0.485 e. The lowest BCUT2D eigenvalue weighted by Gasteiger charge is -2.16. The first-order valence-corrected chi connectivity index (χ1v) is 12.5. The van der Waals surface area contributed by atoms with E-state index in [-0.39, 0.29) is 0 Å². The minimum atomic E-state index is 0.589. The maximum absolute atomic E-state index is 6.10. The van der Waals surface area contributed by atoms with Crippen molar-refractivity contribution in [3.8, 4) is 31.0 Å². The smallest absolute Gasteiger partial charge is 0.181 e. The standard InChI is InChI=1S/C18H12N2O2S5/c1-7-19-9-5-23-17(13(9)25-7)15-11-12(22-4-3-21-11)16(27-15)18-14-10(6-24-18)20-8(2)26-14/h5-6H,3-4H2,1-2H3. The van der Waals surface area contributed by atoms with Crippen LogP contribution in [0.3, 0.4) is 0 Å². The predicted molar refractivity (Wildman–Crippen MR) is 118 cm³/mol. The van der Waals surface area contributed by atoms with Gasteiger partial charge < -0.3 is 9.47 Å². The van der Waals surface area contributed by atoms with Crippen LogP contribution < -0.4 is 9.47 Å².